The molecular formula is C25H34N4OS2. The maximum atomic E-state index is 12.9. The molecule has 32 heavy (non-hydrogen) atoms. The van der Waals surface area contributed by atoms with Crippen molar-refractivity contribution in [1.82, 2.24) is 14.9 Å². The highest BCUT2D eigenvalue weighted by molar-refractivity contribution is 7.18. The van der Waals surface area contributed by atoms with E-state index >= 15 is 0 Å². The second-order valence-corrected chi connectivity index (χ2v) is 11.1. The van der Waals surface area contributed by atoms with Gasteiger partial charge in [-0.05, 0) is 44.4 Å². The van der Waals surface area contributed by atoms with Gasteiger partial charge >= 0.3 is 0 Å². The molecule has 1 saturated heterocycles. The molecule has 0 aliphatic carbocycles. The fourth-order valence-corrected chi connectivity index (χ4v) is 6.34. The van der Waals surface area contributed by atoms with E-state index in [2.05, 4.69) is 60.7 Å². The molecule has 0 saturated carbocycles. The molecule has 3 heterocycles. The predicted octanol–water partition coefficient (Wildman–Crippen LogP) is 6.13. The number of Topliss-reactive ketones (excluding diaryl/α,β-unsaturated/α-hetero) is 1. The second kappa shape index (κ2) is 9.98. The lowest BCUT2D eigenvalue weighted by molar-refractivity contribution is 0.0930. The Bertz CT molecular complexity index is 1080. The Morgan fingerprint density at radius 1 is 1.09 bits per heavy atom. The average Bonchev–Trinajstić information content (AvgIpc) is 3.40. The number of nitrogens with zero attached hydrogens (tertiary/aromatic N) is 4. The molecular weight excluding hydrogens is 436 g/mol. The summed E-state index contributed by atoms with van der Waals surface area (Å²) >= 11 is 3.36. The van der Waals surface area contributed by atoms with Crippen LogP contribution in [0.2, 0.25) is 0 Å². The first-order chi connectivity index (χ1) is 15.4. The van der Waals surface area contributed by atoms with Crippen LogP contribution in [0.4, 0.5) is 5.13 Å². The van der Waals surface area contributed by atoms with Gasteiger partial charge in [-0.25, -0.2) is 9.97 Å². The Morgan fingerprint density at radius 2 is 1.84 bits per heavy atom. The summed E-state index contributed by atoms with van der Waals surface area (Å²) in [6.45, 7) is 14.5. The van der Waals surface area contributed by atoms with Crippen molar-refractivity contribution >= 4 is 43.8 Å². The molecule has 1 aliphatic rings. The minimum atomic E-state index is 0.0652. The van der Waals surface area contributed by atoms with Gasteiger partial charge in [0, 0.05) is 38.1 Å². The molecule has 0 amide bonds. The molecule has 0 spiro atoms. The van der Waals surface area contributed by atoms with Gasteiger partial charge in [0.05, 0.1) is 25.8 Å². The topological polar surface area (TPSA) is 49.3 Å². The van der Waals surface area contributed by atoms with E-state index in [1.54, 1.807) is 22.7 Å². The molecule has 172 valence electrons. The number of piperazine rings is 1. The quantitative estimate of drug-likeness (QED) is 0.371. The maximum Gasteiger partial charge on any atom is 0.186 e. The van der Waals surface area contributed by atoms with Gasteiger partial charge in [-0.3, -0.25) is 9.69 Å². The number of aryl methyl sites for hydroxylation is 2. The lowest BCUT2D eigenvalue weighted by atomic mass is 10.0. The number of hydrogen-bond donors (Lipinski definition) is 0. The summed E-state index contributed by atoms with van der Waals surface area (Å²) in [4.78, 5) is 28.3. The zero-order valence-electron chi connectivity index (χ0n) is 19.9. The number of ketones is 1. The van der Waals surface area contributed by atoms with E-state index in [1.807, 2.05) is 6.92 Å². The fourth-order valence-electron chi connectivity index (χ4n) is 4.31. The number of fused-ring (bicyclic) bond motifs is 1. The number of thiazole rings is 2. The number of aromatic nitrogens is 2. The summed E-state index contributed by atoms with van der Waals surface area (Å²) in [5, 5.41) is 2.14. The van der Waals surface area contributed by atoms with Crippen molar-refractivity contribution in [1.29, 1.82) is 0 Å². The van der Waals surface area contributed by atoms with Crippen molar-refractivity contribution in [2.75, 3.05) is 31.1 Å². The molecule has 1 aromatic carbocycles. The Hall–Kier alpha value is -1.83. The van der Waals surface area contributed by atoms with Crippen LogP contribution < -0.4 is 4.90 Å². The molecule has 1 fully saturated rings. The highest BCUT2D eigenvalue weighted by atomic mass is 32.1. The molecule has 7 heteroatoms. The number of carbonyl (C=O) groups is 1. The van der Waals surface area contributed by atoms with E-state index < -0.39 is 0 Å². The first-order valence-electron chi connectivity index (χ1n) is 11.8. The molecule has 0 N–H and O–H groups in total. The minimum absolute atomic E-state index is 0.0652. The molecule has 2 unspecified atom stereocenters. The van der Waals surface area contributed by atoms with Crippen LogP contribution in [0.25, 0.3) is 10.2 Å². The highest BCUT2D eigenvalue weighted by Crippen LogP contribution is 2.32. The van der Waals surface area contributed by atoms with E-state index in [1.165, 1.54) is 10.3 Å². The van der Waals surface area contributed by atoms with E-state index in [4.69, 9.17) is 4.98 Å². The van der Waals surface area contributed by atoms with Gasteiger partial charge in [0.25, 0.3) is 0 Å². The van der Waals surface area contributed by atoms with Crippen LogP contribution in [0.5, 0.6) is 0 Å². The monoisotopic (exact) mass is 470 g/mol. The standard InChI is InChI=1S/C25H34N4OS2/c1-6-8-20-24(23(30)16(3)7-2)32-25(27-20)29-13-11-28(12-14-29)17(4)19-9-10-22-21(15-19)26-18(5)31-22/h9-10,15-17H,6-8,11-14H2,1-5H3. The van der Waals surface area contributed by atoms with Gasteiger partial charge < -0.3 is 4.90 Å². The SMILES string of the molecule is CCCc1nc(N2CCN(C(C)c3ccc4sc(C)nc4c3)CC2)sc1C(=O)C(C)CC. The number of benzene rings is 1. The zero-order chi connectivity index (χ0) is 22.8. The van der Waals surface area contributed by atoms with Crippen molar-refractivity contribution in [2.45, 2.75) is 59.9 Å². The summed E-state index contributed by atoms with van der Waals surface area (Å²) < 4.78 is 1.26. The Morgan fingerprint density at radius 3 is 2.53 bits per heavy atom. The Kier molecular flexibility index (Phi) is 7.27. The van der Waals surface area contributed by atoms with E-state index in [9.17, 15) is 4.79 Å². The summed E-state index contributed by atoms with van der Waals surface area (Å²) in [5.74, 6) is 0.329. The van der Waals surface area contributed by atoms with Crippen molar-refractivity contribution in [2.24, 2.45) is 5.92 Å². The van der Waals surface area contributed by atoms with Crippen molar-refractivity contribution in [3.63, 3.8) is 0 Å². The molecule has 2 atom stereocenters. The summed E-state index contributed by atoms with van der Waals surface area (Å²) in [6.07, 6.45) is 2.77. The third-order valence-electron chi connectivity index (χ3n) is 6.59. The largest absolute Gasteiger partial charge is 0.346 e. The highest BCUT2D eigenvalue weighted by Gasteiger charge is 2.27. The van der Waals surface area contributed by atoms with Crippen molar-refractivity contribution in [3.05, 3.63) is 39.3 Å². The summed E-state index contributed by atoms with van der Waals surface area (Å²) in [6, 6.07) is 7.07. The molecule has 0 bridgehead atoms. The van der Waals surface area contributed by atoms with E-state index in [0.717, 1.165) is 71.7 Å². The zero-order valence-corrected chi connectivity index (χ0v) is 21.5. The molecule has 1 aliphatic heterocycles. The molecule has 5 nitrogen and oxygen atoms in total. The van der Waals surface area contributed by atoms with Crippen LogP contribution in [0, 0.1) is 12.8 Å². The first-order valence-corrected chi connectivity index (χ1v) is 13.4. The normalized spacial score (nSPS) is 17.1. The molecule has 2 aromatic heterocycles. The number of carbonyl (C=O) groups excluding carboxylic acids is 1. The third-order valence-corrected chi connectivity index (χ3v) is 8.71. The van der Waals surface area contributed by atoms with Gasteiger partial charge in [0.1, 0.15) is 0 Å². The van der Waals surface area contributed by atoms with Gasteiger partial charge in [-0.15, -0.1) is 11.3 Å². The van der Waals surface area contributed by atoms with Crippen LogP contribution in [-0.2, 0) is 6.42 Å². The molecule has 4 rings (SSSR count). The van der Waals surface area contributed by atoms with Gasteiger partial charge in [0.15, 0.2) is 10.9 Å². The number of hydrogen-bond acceptors (Lipinski definition) is 7. The van der Waals surface area contributed by atoms with Crippen LogP contribution in [0.15, 0.2) is 18.2 Å². The van der Waals surface area contributed by atoms with Crippen LogP contribution in [0.3, 0.4) is 0 Å². The molecule has 0 radical (unpaired) electrons. The fraction of sp³-hybridized carbons (Fsp3) is 0.560. The van der Waals surface area contributed by atoms with Gasteiger partial charge in [-0.1, -0.05) is 44.6 Å². The Balaban J connectivity index is 1.45. The maximum absolute atomic E-state index is 12.9. The second-order valence-electron chi connectivity index (χ2n) is 8.85. The summed E-state index contributed by atoms with van der Waals surface area (Å²) in [5.41, 5.74) is 3.44. The molecule has 3 aromatic rings. The van der Waals surface area contributed by atoms with E-state index in [0.29, 0.717) is 6.04 Å². The lowest BCUT2D eigenvalue weighted by Gasteiger charge is -2.38. The van der Waals surface area contributed by atoms with Crippen molar-refractivity contribution in [3.8, 4) is 0 Å². The van der Waals surface area contributed by atoms with Gasteiger partial charge in [0.2, 0.25) is 0 Å². The average molecular weight is 471 g/mol. The van der Waals surface area contributed by atoms with Crippen LogP contribution >= 0.6 is 22.7 Å². The first kappa shape index (κ1) is 23.3. The van der Waals surface area contributed by atoms with Crippen molar-refractivity contribution < 1.29 is 4.79 Å². The van der Waals surface area contributed by atoms with Crippen LogP contribution in [0.1, 0.15) is 72.5 Å². The van der Waals surface area contributed by atoms with Gasteiger partial charge in [-0.2, -0.15) is 0 Å². The van der Waals surface area contributed by atoms with E-state index in [-0.39, 0.29) is 11.7 Å². The lowest BCUT2D eigenvalue weighted by Crippen LogP contribution is -2.47. The number of anilines is 1. The Labute approximate surface area is 199 Å². The number of rotatable bonds is 8. The smallest absolute Gasteiger partial charge is 0.186 e. The predicted molar refractivity (Wildman–Crippen MR) is 136 cm³/mol. The third kappa shape index (κ3) is 4.75. The summed E-state index contributed by atoms with van der Waals surface area (Å²) in [7, 11) is 0. The van der Waals surface area contributed by atoms with Crippen LogP contribution in [-0.4, -0.2) is 46.8 Å². The minimum Gasteiger partial charge on any atom is -0.346 e.